The number of nitrogens with zero attached hydrogens (tertiary/aromatic N) is 2. The van der Waals surface area contributed by atoms with Crippen molar-refractivity contribution in [3.8, 4) is 6.07 Å². The van der Waals surface area contributed by atoms with Crippen molar-refractivity contribution < 1.29 is 0 Å². The first-order valence-electron chi connectivity index (χ1n) is 4.74. The van der Waals surface area contributed by atoms with E-state index in [2.05, 4.69) is 13.8 Å². The maximum atomic E-state index is 11.6. The van der Waals surface area contributed by atoms with E-state index in [9.17, 15) is 4.79 Å². The highest BCUT2D eigenvalue weighted by Gasteiger charge is 2.02. The summed E-state index contributed by atoms with van der Waals surface area (Å²) in [7, 11) is 0. The maximum Gasteiger partial charge on any atom is 0.268 e. The highest BCUT2D eigenvalue weighted by Crippen LogP contribution is 2.01. The second kappa shape index (κ2) is 4.61. The largest absolute Gasteiger partial charge is 0.314 e. The van der Waals surface area contributed by atoms with Crippen LogP contribution in [0.2, 0.25) is 0 Å². The van der Waals surface area contributed by atoms with E-state index < -0.39 is 0 Å². The Morgan fingerprint density at radius 2 is 2.29 bits per heavy atom. The Hall–Kier alpha value is -1.56. The lowest BCUT2D eigenvalue weighted by atomic mass is 10.1. The van der Waals surface area contributed by atoms with Crippen molar-refractivity contribution in [2.24, 2.45) is 5.92 Å². The van der Waals surface area contributed by atoms with Gasteiger partial charge in [-0.2, -0.15) is 5.26 Å². The monoisotopic (exact) mass is 190 g/mol. The predicted octanol–water partition coefficient (Wildman–Crippen LogP) is 1.77. The molecule has 0 N–H and O–H groups in total. The number of aromatic nitrogens is 1. The molecule has 0 saturated carbocycles. The summed E-state index contributed by atoms with van der Waals surface area (Å²) >= 11 is 0. The first kappa shape index (κ1) is 10.5. The van der Waals surface area contributed by atoms with Crippen molar-refractivity contribution in [3.05, 3.63) is 34.2 Å². The van der Waals surface area contributed by atoms with Gasteiger partial charge >= 0.3 is 0 Å². The summed E-state index contributed by atoms with van der Waals surface area (Å²) in [6.07, 6.45) is 2.68. The molecule has 0 bridgehead atoms. The summed E-state index contributed by atoms with van der Waals surface area (Å²) in [6, 6.07) is 5.18. The first-order valence-corrected chi connectivity index (χ1v) is 4.74. The molecular weight excluding hydrogens is 176 g/mol. The van der Waals surface area contributed by atoms with Gasteiger partial charge in [0.2, 0.25) is 0 Å². The van der Waals surface area contributed by atoms with Crippen LogP contribution >= 0.6 is 0 Å². The van der Waals surface area contributed by atoms with Gasteiger partial charge in [-0.25, -0.2) is 0 Å². The van der Waals surface area contributed by atoms with Crippen LogP contribution in [-0.4, -0.2) is 4.57 Å². The molecule has 0 spiro atoms. The molecule has 0 atom stereocenters. The minimum atomic E-state index is -0.185. The highest BCUT2D eigenvalue weighted by atomic mass is 16.1. The van der Waals surface area contributed by atoms with E-state index in [-0.39, 0.29) is 11.1 Å². The topological polar surface area (TPSA) is 45.8 Å². The van der Waals surface area contributed by atoms with Gasteiger partial charge in [0.25, 0.3) is 5.56 Å². The highest BCUT2D eigenvalue weighted by molar-refractivity contribution is 5.24. The molecule has 0 aliphatic carbocycles. The summed E-state index contributed by atoms with van der Waals surface area (Å²) in [5.41, 5.74) is 0.0342. The van der Waals surface area contributed by atoms with Gasteiger partial charge in [0.15, 0.2) is 0 Å². The van der Waals surface area contributed by atoms with Crippen LogP contribution in [0, 0.1) is 17.2 Å². The van der Waals surface area contributed by atoms with E-state index in [4.69, 9.17) is 5.26 Å². The van der Waals surface area contributed by atoms with Gasteiger partial charge in [-0.15, -0.1) is 0 Å². The van der Waals surface area contributed by atoms with Crippen molar-refractivity contribution in [2.45, 2.75) is 26.8 Å². The lowest BCUT2D eigenvalue weighted by Gasteiger charge is -2.07. The molecule has 0 fully saturated rings. The average molecular weight is 190 g/mol. The fourth-order valence-electron chi connectivity index (χ4n) is 1.20. The number of rotatable bonds is 3. The summed E-state index contributed by atoms with van der Waals surface area (Å²) in [5.74, 6) is 0.563. The van der Waals surface area contributed by atoms with Crippen LogP contribution in [0.5, 0.6) is 0 Å². The fraction of sp³-hybridized carbons (Fsp3) is 0.455. The minimum absolute atomic E-state index is 0.185. The summed E-state index contributed by atoms with van der Waals surface area (Å²) < 4.78 is 1.60. The van der Waals surface area contributed by atoms with Crippen molar-refractivity contribution in [3.63, 3.8) is 0 Å². The quantitative estimate of drug-likeness (QED) is 0.729. The lowest BCUT2D eigenvalue weighted by Crippen LogP contribution is -2.22. The standard InChI is InChI=1S/C11H14N2O/c1-9(2)5-7-13-6-3-4-10(8-12)11(13)14/h3-4,6,9H,5,7H2,1-2H3. The molecule has 0 saturated heterocycles. The van der Waals surface area contributed by atoms with E-state index >= 15 is 0 Å². The van der Waals surface area contributed by atoms with Crippen molar-refractivity contribution in [1.82, 2.24) is 4.57 Å². The molecule has 1 heterocycles. The van der Waals surface area contributed by atoms with Crippen LogP contribution in [-0.2, 0) is 6.54 Å². The Kier molecular flexibility index (Phi) is 3.47. The van der Waals surface area contributed by atoms with Gasteiger partial charge in [-0.05, 0) is 24.5 Å². The molecule has 0 amide bonds. The summed E-state index contributed by atoms with van der Waals surface area (Å²) in [5, 5.41) is 8.66. The molecule has 1 aromatic rings. The summed E-state index contributed by atoms with van der Waals surface area (Å²) in [4.78, 5) is 11.6. The van der Waals surface area contributed by atoms with Crippen LogP contribution in [0.15, 0.2) is 23.1 Å². The van der Waals surface area contributed by atoms with Gasteiger partial charge in [0, 0.05) is 12.7 Å². The van der Waals surface area contributed by atoms with Crippen molar-refractivity contribution in [2.75, 3.05) is 0 Å². The van der Waals surface area contributed by atoms with Gasteiger partial charge in [-0.1, -0.05) is 13.8 Å². The number of hydrogen-bond acceptors (Lipinski definition) is 2. The molecule has 14 heavy (non-hydrogen) atoms. The zero-order valence-corrected chi connectivity index (χ0v) is 8.53. The zero-order chi connectivity index (χ0) is 10.6. The van der Waals surface area contributed by atoms with Crippen LogP contribution in [0.1, 0.15) is 25.8 Å². The molecule has 0 aliphatic rings. The Morgan fingerprint density at radius 3 is 2.86 bits per heavy atom. The minimum Gasteiger partial charge on any atom is -0.314 e. The SMILES string of the molecule is CC(C)CCn1cccc(C#N)c1=O. The maximum absolute atomic E-state index is 11.6. The van der Waals surface area contributed by atoms with E-state index in [0.29, 0.717) is 12.5 Å². The summed E-state index contributed by atoms with van der Waals surface area (Å²) in [6.45, 7) is 4.91. The van der Waals surface area contributed by atoms with E-state index in [1.165, 1.54) is 0 Å². The molecule has 1 rings (SSSR count). The van der Waals surface area contributed by atoms with Gasteiger partial charge < -0.3 is 4.57 Å². The van der Waals surface area contributed by atoms with E-state index in [1.54, 1.807) is 22.9 Å². The van der Waals surface area contributed by atoms with Crippen LogP contribution in [0.3, 0.4) is 0 Å². The molecule has 3 heteroatoms. The van der Waals surface area contributed by atoms with E-state index in [0.717, 1.165) is 6.42 Å². The third-order valence-corrected chi connectivity index (χ3v) is 2.09. The van der Waals surface area contributed by atoms with Crippen molar-refractivity contribution >= 4 is 0 Å². The average Bonchev–Trinajstić information content (AvgIpc) is 2.16. The molecule has 1 aromatic heterocycles. The Bertz CT molecular complexity index is 398. The molecule has 0 aromatic carbocycles. The molecule has 0 radical (unpaired) electrons. The van der Waals surface area contributed by atoms with Crippen molar-refractivity contribution in [1.29, 1.82) is 5.26 Å². The zero-order valence-electron chi connectivity index (χ0n) is 8.53. The third kappa shape index (κ3) is 2.46. The molecule has 0 unspecified atom stereocenters. The van der Waals surface area contributed by atoms with Crippen LogP contribution < -0.4 is 5.56 Å². The number of hydrogen-bond donors (Lipinski definition) is 0. The Balaban J connectivity index is 2.89. The molecular formula is C11H14N2O. The number of pyridine rings is 1. The molecule has 3 nitrogen and oxygen atoms in total. The fourth-order valence-corrected chi connectivity index (χ4v) is 1.20. The second-order valence-electron chi connectivity index (χ2n) is 3.71. The number of aryl methyl sites for hydroxylation is 1. The van der Waals surface area contributed by atoms with Gasteiger partial charge in [0.05, 0.1) is 0 Å². The van der Waals surface area contributed by atoms with Gasteiger partial charge in [0.1, 0.15) is 11.6 Å². The Morgan fingerprint density at radius 1 is 1.57 bits per heavy atom. The molecule has 0 aliphatic heterocycles. The third-order valence-electron chi connectivity index (χ3n) is 2.09. The lowest BCUT2D eigenvalue weighted by molar-refractivity contribution is 0.507. The number of nitriles is 1. The van der Waals surface area contributed by atoms with Gasteiger partial charge in [-0.3, -0.25) is 4.79 Å². The normalized spacial score (nSPS) is 10.1. The smallest absolute Gasteiger partial charge is 0.268 e. The molecule has 74 valence electrons. The van der Waals surface area contributed by atoms with Crippen LogP contribution in [0.25, 0.3) is 0 Å². The first-order chi connectivity index (χ1) is 6.65. The van der Waals surface area contributed by atoms with Crippen LogP contribution in [0.4, 0.5) is 0 Å². The second-order valence-corrected chi connectivity index (χ2v) is 3.71. The predicted molar refractivity (Wildman–Crippen MR) is 54.9 cm³/mol. The van der Waals surface area contributed by atoms with E-state index in [1.807, 2.05) is 6.07 Å². The Labute approximate surface area is 83.6 Å².